The van der Waals surface area contributed by atoms with E-state index in [1.807, 2.05) is 23.6 Å². The maximum atomic E-state index is 11.4. The minimum atomic E-state index is -3.47. The summed E-state index contributed by atoms with van der Waals surface area (Å²) in [6.07, 6.45) is 4.89. The SMILES string of the molecule is CCCOc1c(Cl)cc2c(ncn2-c2ccc(OCc3ccnc(NS(C)(=O)=O)n3)cc2)c1C#N. The molecule has 35 heavy (non-hydrogen) atoms. The molecule has 0 radical (unpaired) electrons. The molecule has 0 unspecified atom stereocenters. The smallest absolute Gasteiger partial charge is 0.236 e. The summed E-state index contributed by atoms with van der Waals surface area (Å²) in [6, 6.07) is 12.8. The number of hydrogen-bond donors (Lipinski definition) is 1. The summed E-state index contributed by atoms with van der Waals surface area (Å²) in [6.45, 7) is 2.55. The number of nitrogens with one attached hydrogen (secondary N) is 1. The van der Waals surface area contributed by atoms with Gasteiger partial charge in [-0.15, -0.1) is 0 Å². The van der Waals surface area contributed by atoms with Crippen LogP contribution < -0.4 is 14.2 Å². The average Bonchev–Trinajstić information content (AvgIpc) is 3.24. The quantitative estimate of drug-likeness (QED) is 0.355. The number of rotatable bonds is 9. The Labute approximate surface area is 207 Å². The largest absolute Gasteiger partial charge is 0.491 e. The van der Waals surface area contributed by atoms with Crippen LogP contribution in [0.3, 0.4) is 0 Å². The van der Waals surface area contributed by atoms with Crippen molar-refractivity contribution < 1.29 is 17.9 Å². The summed E-state index contributed by atoms with van der Waals surface area (Å²) in [7, 11) is -3.47. The highest BCUT2D eigenvalue weighted by Crippen LogP contribution is 2.35. The highest BCUT2D eigenvalue weighted by molar-refractivity contribution is 7.91. The van der Waals surface area contributed by atoms with E-state index >= 15 is 0 Å². The van der Waals surface area contributed by atoms with Crippen LogP contribution in [-0.4, -0.2) is 40.8 Å². The zero-order valence-corrected chi connectivity index (χ0v) is 20.5. The number of imidazole rings is 1. The fourth-order valence-corrected chi connectivity index (χ4v) is 3.99. The molecule has 0 saturated heterocycles. The second kappa shape index (κ2) is 10.2. The first-order valence-electron chi connectivity index (χ1n) is 10.5. The number of hydrogen-bond acceptors (Lipinski definition) is 8. The second-order valence-corrected chi connectivity index (χ2v) is 9.69. The summed E-state index contributed by atoms with van der Waals surface area (Å²) in [5.74, 6) is 0.909. The molecule has 0 saturated carbocycles. The van der Waals surface area contributed by atoms with Gasteiger partial charge in [-0.2, -0.15) is 5.26 Å². The summed E-state index contributed by atoms with van der Waals surface area (Å²) >= 11 is 6.42. The van der Waals surface area contributed by atoms with Crippen molar-refractivity contribution in [3.63, 3.8) is 0 Å². The number of benzene rings is 2. The topological polar surface area (TPSA) is 132 Å². The number of nitriles is 1. The first-order valence-corrected chi connectivity index (χ1v) is 12.8. The Morgan fingerprint density at radius 3 is 2.63 bits per heavy atom. The number of sulfonamides is 1. The number of anilines is 1. The molecule has 0 spiro atoms. The molecule has 10 nitrogen and oxygen atoms in total. The van der Waals surface area contributed by atoms with E-state index in [4.69, 9.17) is 21.1 Å². The zero-order chi connectivity index (χ0) is 25.0. The van der Waals surface area contributed by atoms with Crippen molar-refractivity contribution in [2.24, 2.45) is 0 Å². The fraction of sp³-hybridized carbons (Fsp3) is 0.217. The first kappa shape index (κ1) is 24.3. The van der Waals surface area contributed by atoms with Crippen molar-refractivity contribution in [3.05, 3.63) is 65.2 Å². The molecule has 0 aliphatic rings. The van der Waals surface area contributed by atoms with Gasteiger partial charge in [0.05, 0.1) is 29.1 Å². The maximum Gasteiger partial charge on any atom is 0.236 e. The van der Waals surface area contributed by atoms with Crippen molar-refractivity contribution in [3.8, 4) is 23.3 Å². The van der Waals surface area contributed by atoms with Gasteiger partial charge in [0.1, 0.15) is 35.8 Å². The first-order chi connectivity index (χ1) is 16.8. The van der Waals surface area contributed by atoms with E-state index in [1.54, 1.807) is 30.6 Å². The molecule has 2 aromatic heterocycles. The van der Waals surface area contributed by atoms with Crippen LogP contribution in [0.5, 0.6) is 11.5 Å². The lowest BCUT2D eigenvalue weighted by atomic mass is 10.1. The van der Waals surface area contributed by atoms with E-state index < -0.39 is 10.0 Å². The van der Waals surface area contributed by atoms with Crippen molar-refractivity contribution in [1.82, 2.24) is 19.5 Å². The van der Waals surface area contributed by atoms with E-state index in [1.165, 1.54) is 6.20 Å². The average molecular weight is 513 g/mol. The Morgan fingerprint density at radius 1 is 1.17 bits per heavy atom. The summed E-state index contributed by atoms with van der Waals surface area (Å²) in [4.78, 5) is 12.4. The summed E-state index contributed by atoms with van der Waals surface area (Å²) in [5, 5.41) is 10.0. The van der Waals surface area contributed by atoms with Gasteiger partial charge in [-0.25, -0.2) is 23.4 Å². The monoisotopic (exact) mass is 512 g/mol. The van der Waals surface area contributed by atoms with Crippen LogP contribution in [0, 0.1) is 11.3 Å². The lowest BCUT2D eigenvalue weighted by molar-refractivity contribution is 0.301. The Hall–Kier alpha value is -3.88. The fourth-order valence-electron chi connectivity index (χ4n) is 3.31. The van der Waals surface area contributed by atoms with Gasteiger partial charge in [-0.1, -0.05) is 18.5 Å². The van der Waals surface area contributed by atoms with E-state index in [0.717, 1.165) is 18.4 Å². The molecule has 1 N–H and O–H groups in total. The molecule has 4 aromatic rings. The van der Waals surface area contributed by atoms with Gasteiger partial charge in [0.15, 0.2) is 5.75 Å². The lowest BCUT2D eigenvalue weighted by Crippen LogP contribution is -2.13. The van der Waals surface area contributed by atoms with Crippen LogP contribution in [0.25, 0.3) is 16.7 Å². The van der Waals surface area contributed by atoms with Gasteiger partial charge >= 0.3 is 0 Å². The molecule has 2 aromatic carbocycles. The molecule has 0 aliphatic carbocycles. The van der Waals surface area contributed by atoms with E-state index in [0.29, 0.717) is 45.4 Å². The molecular weight excluding hydrogens is 492 g/mol. The highest BCUT2D eigenvalue weighted by atomic mass is 35.5. The number of halogens is 1. The molecule has 12 heteroatoms. The zero-order valence-electron chi connectivity index (χ0n) is 18.9. The minimum Gasteiger partial charge on any atom is -0.491 e. The van der Waals surface area contributed by atoms with Crippen molar-refractivity contribution in [1.29, 1.82) is 5.26 Å². The van der Waals surface area contributed by atoms with Crippen LogP contribution in [0.2, 0.25) is 5.02 Å². The molecule has 0 atom stereocenters. The Balaban J connectivity index is 1.53. The standard InChI is InChI=1S/C23H21ClN6O4S/c1-3-10-33-22-18(12-25)21-20(11-19(22)24)30(14-27-21)16-4-6-17(7-5-16)34-13-15-8-9-26-23(28-15)29-35(2,31)32/h4-9,11,14H,3,10,13H2,1-2H3,(H,26,28,29). The molecule has 0 fully saturated rings. The number of ether oxygens (including phenoxy) is 2. The number of nitrogens with zero attached hydrogens (tertiary/aromatic N) is 5. The minimum absolute atomic E-state index is 0.0189. The predicted octanol–water partition coefficient (Wildman–Crippen LogP) is 4.08. The van der Waals surface area contributed by atoms with Gasteiger partial charge < -0.3 is 9.47 Å². The van der Waals surface area contributed by atoms with Crippen molar-refractivity contribution >= 4 is 38.6 Å². The van der Waals surface area contributed by atoms with Gasteiger partial charge in [-0.05, 0) is 42.8 Å². The second-order valence-electron chi connectivity index (χ2n) is 7.53. The van der Waals surface area contributed by atoms with Crippen LogP contribution in [-0.2, 0) is 16.6 Å². The van der Waals surface area contributed by atoms with Crippen molar-refractivity contribution in [2.45, 2.75) is 20.0 Å². The number of fused-ring (bicyclic) bond motifs is 1. The third kappa shape index (κ3) is 5.62. The summed E-state index contributed by atoms with van der Waals surface area (Å²) in [5.41, 5.74) is 2.79. The Morgan fingerprint density at radius 2 is 1.94 bits per heavy atom. The lowest BCUT2D eigenvalue weighted by Gasteiger charge is -2.11. The van der Waals surface area contributed by atoms with Crippen LogP contribution in [0.1, 0.15) is 24.6 Å². The van der Waals surface area contributed by atoms with Crippen LogP contribution in [0.15, 0.2) is 48.9 Å². The Kier molecular flexibility index (Phi) is 7.04. The van der Waals surface area contributed by atoms with E-state index in [2.05, 4.69) is 25.7 Å². The molecule has 0 bridgehead atoms. The normalized spacial score (nSPS) is 11.3. The molecular formula is C23H21ClN6O4S. The molecule has 0 amide bonds. The molecule has 180 valence electrons. The van der Waals surface area contributed by atoms with Crippen LogP contribution >= 0.6 is 11.6 Å². The van der Waals surface area contributed by atoms with Gasteiger partial charge in [0.2, 0.25) is 16.0 Å². The van der Waals surface area contributed by atoms with Crippen LogP contribution in [0.4, 0.5) is 5.95 Å². The van der Waals surface area contributed by atoms with Gasteiger partial charge in [0, 0.05) is 11.9 Å². The number of aromatic nitrogens is 4. The summed E-state index contributed by atoms with van der Waals surface area (Å²) < 4.78 is 38.2. The van der Waals surface area contributed by atoms with Gasteiger partial charge in [0.25, 0.3) is 0 Å². The van der Waals surface area contributed by atoms with Gasteiger partial charge in [-0.3, -0.25) is 9.29 Å². The Bertz CT molecular complexity index is 1510. The van der Waals surface area contributed by atoms with E-state index in [-0.39, 0.29) is 12.6 Å². The van der Waals surface area contributed by atoms with Crippen molar-refractivity contribution in [2.75, 3.05) is 17.6 Å². The molecule has 0 aliphatic heterocycles. The maximum absolute atomic E-state index is 11.4. The molecule has 2 heterocycles. The predicted molar refractivity (Wildman–Crippen MR) is 131 cm³/mol. The third-order valence-electron chi connectivity index (χ3n) is 4.80. The molecule has 4 rings (SSSR count). The van der Waals surface area contributed by atoms with E-state index in [9.17, 15) is 13.7 Å². The highest BCUT2D eigenvalue weighted by Gasteiger charge is 2.18. The third-order valence-corrected chi connectivity index (χ3v) is 5.64.